The lowest BCUT2D eigenvalue weighted by Gasteiger charge is -2.00. The molecule has 0 fully saturated rings. The molecule has 52 valence electrons. The predicted molar refractivity (Wildman–Crippen MR) is 39.2 cm³/mol. The highest BCUT2D eigenvalue weighted by Crippen LogP contribution is 2.08. The van der Waals surface area contributed by atoms with Gasteiger partial charge >= 0.3 is 0 Å². The average molecular weight is 134 g/mol. The molecule has 10 heavy (non-hydrogen) atoms. The number of benzene rings is 1. The van der Waals surface area contributed by atoms with Crippen molar-refractivity contribution in [2.24, 2.45) is 4.99 Å². The van der Waals surface area contributed by atoms with Crippen molar-refractivity contribution < 1.29 is 5.11 Å². The maximum atomic E-state index is 10.4. The zero-order valence-electron chi connectivity index (χ0n) is 5.74. The molecule has 0 amide bonds. The van der Waals surface area contributed by atoms with Gasteiger partial charge in [-0.25, -0.2) is 0 Å². The molecule has 1 aromatic carbocycles. The van der Waals surface area contributed by atoms with Crippen molar-refractivity contribution >= 4 is 11.6 Å². The molecular weight excluding hydrogens is 126 g/mol. The van der Waals surface area contributed by atoms with Crippen LogP contribution in [0.15, 0.2) is 35.3 Å². The highest BCUT2D eigenvalue weighted by atomic mass is 16.3. The Kier molecular flexibility index (Phi) is 2.05. The van der Waals surface area contributed by atoms with Crippen LogP contribution in [-0.2, 0) is 0 Å². The molecule has 0 aromatic heterocycles. The molecule has 2 nitrogen and oxygen atoms in total. The lowest BCUT2D eigenvalue weighted by atomic mass is 10.3. The van der Waals surface area contributed by atoms with Crippen LogP contribution in [0.2, 0.25) is 0 Å². The van der Waals surface area contributed by atoms with Crippen molar-refractivity contribution in [2.75, 3.05) is 0 Å². The minimum absolute atomic E-state index is 0.161. The van der Waals surface area contributed by atoms with Gasteiger partial charge in [0.05, 0.1) is 5.69 Å². The molecule has 1 rings (SSSR count). The third-order valence-electron chi connectivity index (χ3n) is 1.04. The molecule has 0 saturated carbocycles. The molecule has 0 unspecified atom stereocenters. The Morgan fingerprint density at radius 1 is 1.30 bits per heavy atom. The minimum atomic E-state index is -0.161. The number of hydrogen-bond donors (Lipinski definition) is 0. The van der Waals surface area contributed by atoms with E-state index in [1.54, 1.807) is 12.1 Å². The van der Waals surface area contributed by atoms with Crippen LogP contribution in [0, 0.1) is 0 Å². The Bertz CT molecular complexity index is 224. The smallest absolute Gasteiger partial charge is 0.0618 e. The van der Waals surface area contributed by atoms with Crippen LogP contribution in [0.3, 0.4) is 0 Å². The van der Waals surface area contributed by atoms with E-state index in [0.29, 0.717) is 0 Å². The van der Waals surface area contributed by atoms with Gasteiger partial charge in [-0.15, -0.1) is 0 Å². The van der Waals surface area contributed by atoms with Crippen molar-refractivity contribution in [3.05, 3.63) is 30.3 Å². The van der Waals surface area contributed by atoms with Gasteiger partial charge in [-0.3, -0.25) is 4.99 Å². The summed E-state index contributed by atoms with van der Waals surface area (Å²) in [5.41, 5.74) is 0.718. The number of rotatable bonds is 1. The maximum absolute atomic E-state index is 10.4. The van der Waals surface area contributed by atoms with E-state index >= 15 is 0 Å². The van der Waals surface area contributed by atoms with Crippen LogP contribution in [0.5, 0.6) is 0 Å². The van der Waals surface area contributed by atoms with E-state index in [0.717, 1.165) is 5.69 Å². The first-order chi connectivity index (χ1) is 4.79. The molecule has 0 saturated heterocycles. The second kappa shape index (κ2) is 3.01. The second-order valence-electron chi connectivity index (χ2n) is 1.97. The fourth-order valence-electron chi connectivity index (χ4n) is 0.684. The van der Waals surface area contributed by atoms with Crippen LogP contribution >= 0.6 is 0 Å². The first-order valence-electron chi connectivity index (χ1n) is 3.06. The Labute approximate surface area is 59.9 Å². The third-order valence-corrected chi connectivity index (χ3v) is 1.04. The molecule has 1 aromatic rings. The van der Waals surface area contributed by atoms with Gasteiger partial charge in [0.25, 0.3) is 0 Å². The van der Waals surface area contributed by atoms with E-state index < -0.39 is 0 Å². The van der Waals surface area contributed by atoms with E-state index in [-0.39, 0.29) is 5.90 Å². The normalized spacial score (nSPS) is 11.5. The molecule has 0 spiro atoms. The summed E-state index contributed by atoms with van der Waals surface area (Å²) in [6.07, 6.45) is 0. The molecular formula is C8H8NO-. The van der Waals surface area contributed by atoms with Gasteiger partial charge in [0.2, 0.25) is 0 Å². The molecule has 0 aliphatic rings. The maximum Gasteiger partial charge on any atom is 0.0618 e. The monoisotopic (exact) mass is 134 g/mol. The summed E-state index contributed by atoms with van der Waals surface area (Å²) < 4.78 is 0. The molecule has 0 radical (unpaired) electrons. The van der Waals surface area contributed by atoms with Crippen LogP contribution in [0.25, 0.3) is 0 Å². The van der Waals surface area contributed by atoms with Crippen molar-refractivity contribution in [3.63, 3.8) is 0 Å². The average Bonchev–Trinajstić information content (AvgIpc) is 1.88. The van der Waals surface area contributed by atoms with Gasteiger partial charge in [-0.05, 0) is 25.0 Å². The largest absolute Gasteiger partial charge is 0.862 e. The zero-order valence-corrected chi connectivity index (χ0v) is 5.74. The van der Waals surface area contributed by atoms with Crippen molar-refractivity contribution in [3.8, 4) is 0 Å². The Balaban J connectivity index is 2.87. The topological polar surface area (TPSA) is 35.4 Å². The van der Waals surface area contributed by atoms with Crippen LogP contribution < -0.4 is 5.11 Å². The van der Waals surface area contributed by atoms with Gasteiger partial charge < -0.3 is 5.11 Å². The Morgan fingerprint density at radius 3 is 2.40 bits per heavy atom. The second-order valence-corrected chi connectivity index (χ2v) is 1.97. The summed E-state index contributed by atoms with van der Waals surface area (Å²) in [6, 6.07) is 9.17. The first kappa shape index (κ1) is 6.81. The summed E-state index contributed by atoms with van der Waals surface area (Å²) in [4.78, 5) is 3.72. The van der Waals surface area contributed by atoms with E-state index in [1.165, 1.54) is 6.92 Å². The summed E-state index contributed by atoms with van der Waals surface area (Å²) >= 11 is 0. The fourth-order valence-corrected chi connectivity index (χ4v) is 0.684. The van der Waals surface area contributed by atoms with Gasteiger partial charge in [0.15, 0.2) is 0 Å². The lowest BCUT2D eigenvalue weighted by molar-refractivity contribution is -0.215. The molecule has 0 atom stereocenters. The van der Waals surface area contributed by atoms with Gasteiger partial charge in [0, 0.05) is 0 Å². The van der Waals surface area contributed by atoms with Gasteiger partial charge in [-0.1, -0.05) is 18.2 Å². The van der Waals surface area contributed by atoms with Crippen LogP contribution in [0.1, 0.15) is 6.92 Å². The SMILES string of the molecule is CC([O-])=Nc1ccccc1. The summed E-state index contributed by atoms with van der Waals surface area (Å²) in [5, 5.41) is 10.4. The Hall–Kier alpha value is -1.31. The summed E-state index contributed by atoms with van der Waals surface area (Å²) in [5.74, 6) is -0.161. The van der Waals surface area contributed by atoms with Crippen LogP contribution in [-0.4, -0.2) is 5.90 Å². The zero-order chi connectivity index (χ0) is 7.40. The third kappa shape index (κ3) is 1.90. The molecule has 0 aliphatic heterocycles. The quantitative estimate of drug-likeness (QED) is 0.418. The number of aliphatic imine (C=N–C) groups is 1. The van der Waals surface area contributed by atoms with Crippen LogP contribution in [0.4, 0.5) is 5.69 Å². The van der Waals surface area contributed by atoms with Crippen molar-refractivity contribution in [1.82, 2.24) is 0 Å². The molecule has 0 bridgehead atoms. The van der Waals surface area contributed by atoms with E-state index in [2.05, 4.69) is 4.99 Å². The standard InChI is InChI=1S/C8H9NO/c1-7(10)9-8-5-3-2-4-6-8/h2-6H,1H3,(H,9,10)/p-1. The fraction of sp³-hybridized carbons (Fsp3) is 0.125. The van der Waals surface area contributed by atoms with E-state index in [4.69, 9.17) is 0 Å². The summed E-state index contributed by atoms with van der Waals surface area (Å²) in [7, 11) is 0. The highest BCUT2D eigenvalue weighted by Gasteiger charge is 1.80. The van der Waals surface area contributed by atoms with Crippen molar-refractivity contribution in [2.45, 2.75) is 6.92 Å². The minimum Gasteiger partial charge on any atom is -0.862 e. The predicted octanol–water partition coefficient (Wildman–Crippen LogP) is 1.10. The van der Waals surface area contributed by atoms with Gasteiger partial charge in [0.1, 0.15) is 0 Å². The highest BCUT2D eigenvalue weighted by molar-refractivity contribution is 5.72. The molecule has 2 heteroatoms. The molecule has 0 aliphatic carbocycles. The van der Waals surface area contributed by atoms with Crippen molar-refractivity contribution in [1.29, 1.82) is 0 Å². The van der Waals surface area contributed by atoms with E-state index in [9.17, 15) is 5.11 Å². The van der Waals surface area contributed by atoms with E-state index in [1.807, 2.05) is 18.2 Å². The first-order valence-corrected chi connectivity index (χ1v) is 3.06. The number of nitrogens with zero attached hydrogens (tertiary/aromatic N) is 1. The number of hydrogen-bond acceptors (Lipinski definition) is 2. The molecule has 0 N–H and O–H groups in total. The lowest BCUT2D eigenvalue weighted by Crippen LogP contribution is -2.10. The summed E-state index contributed by atoms with van der Waals surface area (Å²) in [6.45, 7) is 1.44. The number of para-hydroxylation sites is 1. The van der Waals surface area contributed by atoms with Gasteiger partial charge in [-0.2, -0.15) is 0 Å². The molecule has 0 heterocycles. The Morgan fingerprint density at radius 2 is 1.90 bits per heavy atom.